The highest BCUT2D eigenvalue weighted by molar-refractivity contribution is 9.10. The molecule has 1 aliphatic heterocycles. The third kappa shape index (κ3) is 4.39. The molecule has 4 nitrogen and oxygen atoms in total. The minimum absolute atomic E-state index is 0.105. The fraction of sp³-hybridized carbons (Fsp3) is 0.421. The van der Waals surface area contributed by atoms with Crippen molar-refractivity contribution in [1.82, 2.24) is 4.98 Å². The highest BCUT2D eigenvalue weighted by Crippen LogP contribution is 2.38. The smallest absolute Gasteiger partial charge is 0.312 e. The Hall–Kier alpha value is -1.57. The van der Waals surface area contributed by atoms with Crippen LogP contribution in [0, 0.1) is 0 Å². The van der Waals surface area contributed by atoms with Gasteiger partial charge < -0.3 is 14.2 Å². The van der Waals surface area contributed by atoms with Crippen LogP contribution in [0.25, 0.3) is 0 Å². The van der Waals surface area contributed by atoms with Crippen LogP contribution in [-0.4, -0.2) is 24.3 Å². The van der Waals surface area contributed by atoms with E-state index in [2.05, 4.69) is 20.9 Å². The van der Waals surface area contributed by atoms with E-state index in [-0.39, 0.29) is 18.2 Å². The predicted octanol–water partition coefficient (Wildman–Crippen LogP) is 5.61. The Bertz CT molecular complexity index is 755. The van der Waals surface area contributed by atoms with E-state index in [0.717, 1.165) is 4.47 Å². The van der Waals surface area contributed by atoms with Gasteiger partial charge in [-0.25, -0.2) is 4.98 Å². The van der Waals surface area contributed by atoms with Crippen LogP contribution in [0.4, 0.5) is 8.78 Å². The van der Waals surface area contributed by atoms with Gasteiger partial charge in [0.1, 0.15) is 18.1 Å². The number of nitrogens with zero attached hydrogens (tertiary/aromatic N) is 1. The molecule has 0 aliphatic carbocycles. The molecule has 0 radical (unpaired) electrons. The zero-order valence-electron chi connectivity index (χ0n) is 14.5. The number of hydrogen-bond acceptors (Lipinski definition) is 4. The maximum Gasteiger partial charge on any atom is 0.312 e. The summed E-state index contributed by atoms with van der Waals surface area (Å²) in [6.07, 6.45) is -0.318. The highest BCUT2D eigenvalue weighted by Gasteiger charge is 2.40. The average Bonchev–Trinajstić information content (AvgIpc) is 2.67. The summed E-state index contributed by atoms with van der Waals surface area (Å²) in [4.78, 5) is 4.11. The molecule has 0 amide bonds. The largest absolute Gasteiger partial charge is 0.439 e. The van der Waals surface area contributed by atoms with E-state index in [0.29, 0.717) is 17.7 Å². The monoisotopic (exact) mass is 427 g/mol. The first-order valence-electron chi connectivity index (χ1n) is 8.45. The molecular formula is C19H20BrF2NO3. The summed E-state index contributed by atoms with van der Waals surface area (Å²) in [5.74, 6) is -2.61. The summed E-state index contributed by atoms with van der Waals surface area (Å²) in [5.41, 5.74) is 0.0198. The molecule has 0 saturated carbocycles. The molecule has 2 atom stereocenters. The average molecular weight is 428 g/mol. The van der Waals surface area contributed by atoms with Crippen molar-refractivity contribution in [2.45, 2.75) is 38.4 Å². The van der Waals surface area contributed by atoms with Crippen LogP contribution in [0.15, 0.2) is 40.9 Å². The third-order valence-electron chi connectivity index (χ3n) is 4.08. The Kier molecular flexibility index (Phi) is 5.89. The predicted molar refractivity (Wildman–Crippen MR) is 96.7 cm³/mol. The van der Waals surface area contributed by atoms with Crippen molar-refractivity contribution in [3.8, 4) is 11.6 Å². The van der Waals surface area contributed by atoms with E-state index in [1.807, 2.05) is 6.92 Å². The fourth-order valence-electron chi connectivity index (χ4n) is 2.73. The van der Waals surface area contributed by atoms with Gasteiger partial charge in [0.25, 0.3) is 0 Å². The van der Waals surface area contributed by atoms with Gasteiger partial charge in [-0.05, 0) is 43.7 Å². The molecule has 0 N–H and O–H groups in total. The lowest BCUT2D eigenvalue weighted by atomic mass is 10.0. The lowest BCUT2D eigenvalue weighted by molar-refractivity contribution is -0.114. The zero-order chi connectivity index (χ0) is 18.7. The molecule has 1 aromatic heterocycles. The van der Waals surface area contributed by atoms with Crippen LogP contribution in [0.5, 0.6) is 11.6 Å². The van der Waals surface area contributed by atoms with Crippen molar-refractivity contribution in [2.24, 2.45) is 0 Å². The minimum Gasteiger partial charge on any atom is -0.439 e. The molecule has 26 heavy (non-hydrogen) atoms. The van der Waals surface area contributed by atoms with Gasteiger partial charge in [0.15, 0.2) is 0 Å². The van der Waals surface area contributed by atoms with Crippen molar-refractivity contribution in [3.63, 3.8) is 0 Å². The number of aromatic nitrogens is 1. The summed E-state index contributed by atoms with van der Waals surface area (Å²) >= 11 is 3.34. The number of halogens is 3. The fourth-order valence-corrected chi connectivity index (χ4v) is 2.99. The van der Waals surface area contributed by atoms with Crippen molar-refractivity contribution in [2.75, 3.05) is 13.2 Å². The summed E-state index contributed by atoms with van der Waals surface area (Å²) in [7, 11) is 0. The zero-order valence-corrected chi connectivity index (χ0v) is 16.1. The Morgan fingerprint density at radius 3 is 2.62 bits per heavy atom. The summed E-state index contributed by atoms with van der Waals surface area (Å²) < 4.78 is 47.1. The summed E-state index contributed by atoms with van der Waals surface area (Å²) in [6.45, 7) is 3.12. The van der Waals surface area contributed by atoms with Crippen LogP contribution in [0.1, 0.15) is 37.6 Å². The molecular weight excluding hydrogens is 408 g/mol. The third-order valence-corrected chi connectivity index (χ3v) is 4.61. The van der Waals surface area contributed by atoms with E-state index in [1.165, 1.54) is 0 Å². The van der Waals surface area contributed by atoms with Gasteiger partial charge in [-0.2, -0.15) is 8.78 Å². The van der Waals surface area contributed by atoms with E-state index >= 15 is 0 Å². The Morgan fingerprint density at radius 2 is 1.92 bits per heavy atom. The van der Waals surface area contributed by atoms with Crippen molar-refractivity contribution in [1.29, 1.82) is 0 Å². The molecule has 0 spiro atoms. The van der Waals surface area contributed by atoms with Crippen LogP contribution in [0.2, 0.25) is 0 Å². The SMILES string of the molecule is CCC1OCC(C)OCC(F)(F)c2nc(Oc3ccc(Br)cc3)ccc21. The molecule has 0 bridgehead atoms. The minimum atomic E-state index is -3.23. The van der Waals surface area contributed by atoms with Crippen LogP contribution >= 0.6 is 15.9 Å². The van der Waals surface area contributed by atoms with Crippen molar-refractivity contribution in [3.05, 3.63) is 52.1 Å². The standard InChI is InChI=1S/C19H20BrF2NO3/c1-3-16-15-8-9-17(26-14-6-4-13(20)5-7-14)23-18(15)19(21,22)11-25-12(2)10-24-16/h4-9,12,16H,3,10-11H2,1-2H3. The highest BCUT2D eigenvalue weighted by atomic mass is 79.9. The van der Waals surface area contributed by atoms with Gasteiger partial charge in [-0.3, -0.25) is 0 Å². The van der Waals surface area contributed by atoms with Crippen LogP contribution in [0.3, 0.4) is 0 Å². The van der Waals surface area contributed by atoms with Crippen molar-refractivity contribution >= 4 is 15.9 Å². The molecule has 1 aliphatic rings. The van der Waals surface area contributed by atoms with E-state index < -0.39 is 24.7 Å². The Labute approximate surface area is 159 Å². The molecule has 1 aromatic carbocycles. The molecule has 3 rings (SSSR count). The normalized spacial score (nSPS) is 22.7. The molecule has 0 saturated heterocycles. The van der Waals surface area contributed by atoms with Gasteiger partial charge in [-0.15, -0.1) is 0 Å². The number of benzene rings is 1. The van der Waals surface area contributed by atoms with E-state index in [9.17, 15) is 8.78 Å². The van der Waals surface area contributed by atoms with Crippen molar-refractivity contribution < 1.29 is 23.0 Å². The number of rotatable bonds is 3. The molecule has 0 fully saturated rings. The Balaban J connectivity index is 1.97. The maximum atomic E-state index is 14.8. The van der Waals surface area contributed by atoms with Crippen LogP contribution in [-0.2, 0) is 15.4 Å². The first-order valence-corrected chi connectivity index (χ1v) is 9.24. The second-order valence-electron chi connectivity index (χ2n) is 6.20. The Morgan fingerprint density at radius 1 is 1.19 bits per heavy atom. The van der Waals surface area contributed by atoms with Crippen LogP contribution < -0.4 is 4.74 Å². The van der Waals surface area contributed by atoms with E-state index in [1.54, 1.807) is 43.3 Å². The molecule has 140 valence electrons. The lowest BCUT2D eigenvalue weighted by Crippen LogP contribution is -2.26. The van der Waals surface area contributed by atoms with Gasteiger partial charge in [0.05, 0.1) is 18.8 Å². The van der Waals surface area contributed by atoms with Gasteiger partial charge in [-0.1, -0.05) is 22.9 Å². The number of hydrogen-bond donors (Lipinski definition) is 0. The lowest BCUT2D eigenvalue weighted by Gasteiger charge is -2.22. The molecule has 2 heterocycles. The second-order valence-corrected chi connectivity index (χ2v) is 7.12. The summed E-state index contributed by atoms with van der Waals surface area (Å²) in [6, 6.07) is 10.3. The molecule has 2 aromatic rings. The first-order chi connectivity index (χ1) is 12.4. The molecule has 7 heteroatoms. The van der Waals surface area contributed by atoms with Gasteiger partial charge >= 0.3 is 5.92 Å². The topological polar surface area (TPSA) is 40.6 Å². The van der Waals surface area contributed by atoms with Gasteiger partial charge in [0, 0.05) is 16.1 Å². The van der Waals surface area contributed by atoms with Gasteiger partial charge in [0.2, 0.25) is 5.88 Å². The number of ether oxygens (including phenoxy) is 3. The quantitative estimate of drug-likeness (QED) is 0.637. The first kappa shape index (κ1) is 19.2. The second kappa shape index (κ2) is 7.98. The van der Waals surface area contributed by atoms with E-state index in [4.69, 9.17) is 14.2 Å². The number of pyridine rings is 1. The molecule has 2 unspecified atom stereocenters. The number of alkyl halides is 2. The summed E-state index contributed by atoms with van der Waals surface area (Å²) in [5, 5.41) is 0. The number of fused-ring (bicyclic) bond motifs is 1. The maximum absolute atomic E-state index is 14.8.